The van der Waals surface area contributed by atoms with Gasteiger partial charge in [-0.3, -0.25) is 9.36 Å². The lowest BCUT2D eigenvalue weighted by Gasteiger charge is -2.08. The molecule has 26 heavy (non-hydrogen) atoms. The van der Waals surface area contributed by atoms with Crippen molar-refractivity contribution in [2.45, 2.75) is 30.5 Å². The molecule has 1 aromatic carbocycles. The highest BCUT2D eigenvalue weighted by molar-refractivity contribution is 7.99. The number of nitrogens with one attached hydrogen (secondary N) is 1. The van der Waals surface area contributed by atoms with Crippen LogP contribution in [-0.2, 0) is 11.3 Å². The van der Waals surface area contributed by atoms with Crippen molar-refractivity contribution in [3.05, 3.63) is 60.1 Å². The summed E-state index contributed by atoms with van der Waals surface area (Å²) < 4.78 is 20.4. The zero-order valence-corrected chi connectivity index (χ0v) is 14.7. The zero-order valence-electron chi connectivity index (χ0n) is 13.9. The second-order valence-electron chi connectivity index (χ2n) is 6.12. The summed E-state index contributed by atoms with van der Waals surface area (Å²) in [5, 5.41) is 12.0. The lowest BCUT2D eigenvalue weighted by molar-refractivity contribution is -0.113. The van der Waals surface area contributed by atoms with Gasteiger partial charge >= 0.3 is 0 Å². The van der Waals surface area contributed by atoms with Gasteiger partial charge in [0.05, 0.1) is 18.6 Å². The van der Waals surface area contributed by atoms with Crippen LogP contribution in [0.5, 0.6) is 0 Å². The molecule has 1 aliphatic carbocycles. The second-order valence-corrected chi connectivity index (χ2v) is 7.07. The van der Waals surface area contributed by atoms with Gasteiger partial charge in [-0.05, 0) is 49.2 Å². The zero-order chi connectivity index (χ0) is 17.9. The van der Waals surface area contributed by atoms with Gasteiger partial charge in [-0.1, -0.05) is 11.8 Å². The molecular weight excluding hydrogens is 355 g/mol. The summed E-state index contributed by atoms with van der Waals surface area (Å²) in [4.78, 5) is 12.2. The minimum absolute atomic E-state index is 0.179. The van der Waals surface area contributed by atoms with Crippen molar-refractivity contribution in [2.75, 3.05) is 11.1 Å². The summed E-state index contributed by atoms with van der Waals surface area (Å²) in [6, 6.07) is 9.44. The Morgan fingerprint density at radius 3 is 2.77 bits per heavy atom. The first-order valence-corrected chi connectivity index (χ1v) is 9.31. The van der Waals surface area contributed by atoms with Crippen molar-refractivity contribution in [1.29, 1.82) is 0 Å². The van der Waals surface area contributed by atoms with Crippen molar-refractivity contribution in [1.82, 2.24) is 14.8 Å². The van der Waals surface area contributed by atoms with E-state index in [4.69, 9.17) is 4.42 Å². The third kappa shape index (κ3) is 3.96. The van der Waals surface area contributed by atoms with Gasteiger partial charge in [0, 0.05) is 11.6 Å². The van der Waals surface area contributed by atoms with E-state index in [1.165, 1.54) is 36.0 Å². The molecule has 0 bridgehead atoms. The van der Waals surface area contributed by atoms with Crippen LogP contribution in [0.2, 0.25) is 0 Å². The Kier molecular flexibility index (Phi) is 4.75. The molecule has 3 aromatic rings. The molecule has 0 unspecified atom stereocenters. The number of nitrogens with zero attached hydrogens (tertiary/aromatic N) is 3. The highest BCUT2D eigenvalue weighted by atomic mass is 32.2. The average Bonchev–Trinajstić information content (AvgIpc) is 3.20. The number of hydrogen-bond donors (Lipinski definition) is 1. The normalized spacial score (nSPS) is 13.7. The number of anilines is 1. The number of hydrogen-bond acceptors (Lipinski definition) is 5. The molecule has 1 fully saturated rings. The summed E-state index contributed by atoms with van der Waals surface area (Å²) >= 11 is 1.33. The summed E-state index contributed by atoms with van der Waals surface area (Å²) in [7, 11) is 0. The molecule has 0 radical (unpaired) electrons. The smallest absolute Gasteiger partial charge is 0.234 e. The molecule has 1 N–H and O–H groups in total. The van der Waals surface area contributed by atoms with E-state index < -0.39 is 0 Å². The predicted molar refractivity (Wildman–Crippen MR) is 95.6 cm³/mol. The van der Waals surface area contributed by atoms with Crippen molar-refractivity contribution < 1.29 is 13.6 Å². The molecule has 0 saturated heterocycles. The molecule has 1 amide bonds. The van der Waals surface area contributed by atoms with Crippen LogP contribution in [0, 0.1) is 5.82 Å². The van der Waals surface area contributed by atoms with Crippen molar-refractivity contribution in [2.24, 2.45) is 0 Å². The lowest BCUT2D eigenvalue weighted by atomic mass is 10.3. The van der Waals surface area contributed by atoms with Crippen LogP contribution in [0.25, 0.3) is 0 Å². The molecular formula is C18H17FN4O2S. The molecule has 0 aliphatic heterocycles. The maximum absolute atomic E-state index is 12.9. The van der Waals surface area contributed by atoms with Crippen molar-refractivity contribution in [3.8, 4) is 0 Å². The third-order valence-electron chi connectivity index (χ3n) is 4.04. The van der Waals surface area contributed by atoms with E-state index in [-0.39, 0.29) is 17.5 Å². The first-order chi connectivity index (χ1) is 12.7. The van der Waals surface area contributed by atoms with Gasteiger partial charge in [-0.15, -0.1) is 10.2 Å². The van der Waals surface area contributed by atoms with Crippen LogP contribution >= 0.6 is 11.8 Å². The monoisotopic (exact) mass is 372 g/mol. The number of benzene rings is 1. The number of furan rings is 1. The van der Waals surface area contributed by atoms with E-state index in [9.17, 15) is 9.18 Å². The van der Waals surface area contributed by atoms with E-state index in [0.29, 0.717) is 23.3 Å². The molecule has 0 spiro atoms. The number of amides is 1. The Morgan fingerprint density at radius 2 is 2.08 bits per heavy atom. The maximum atomic E-state index is 12.9. The number of rotatable bonds is 7. The lowest BCUT2D eigenvalue weighted by Crippen LogP contribution is -2.15. The molecule has 6 nitrogen and oxygen atoms in total. The summed E-state index contributed by atoms with van der Waals surface area (Å²) in [6.45, 7) is 0.549. The molecule has 134 valence electrons. The van der Waals surface area contributed by atoms with Crippen LogP contribution in [0.1, 0.15) is 30.3 Å². The first-order valence-electron chi connectivity index (χ1n) is 8.33. The summed E-state index contributed by atoms with van der Waals surface area (Å²) in [5.41, 5.74) is 0.563. The van der Waals surface area contributed by atoms with E-state index in [0.717, 1.165) is 24.4 Å². The van der Waals surface area contributed by atoms with Gasteiger partial charge in [-0.25, -0.2) is 4.39 Å². The fourth-order valence-corrected chi connectivity index (χ4v) is 3.36. The van der Waals surface area contributed by atoms with Crippen LogP contribution in [0.3, 0.4) is 0 Å². The van der Waals surface area contributed by atoms with Gasteiger partial charge in [0.2, 0.25) is 5.91 Å². The van der Waals surface area contributed by atoms with Gasteiger partial charge in [0.1, 0.15) is 17.4 Å². The Bertz CT molecular complexity index is 889. The highest BCUT2D eigenvalue weighted by Gasteiger charge is 2.30. The largest absolute Gasteiger partial charge is 0.467 e. The Balaban J connectivity index is 1.42. The number of halogens is 1. The number of thioether (sulfide) groups is 1. The SMILES string of the molecule is O=C(CSc1nnc(C2CC2)n1Cc1ccco1)Nc1ccc(F)cc1. The van der Waals surface area contributed by atoms with Gasteiger partial charge in [0.25, 0.3) is 0 Å². The van der Waals surface area contributed by atoms with Gasteiger partial charge < -0.3 is 9.73 Å². The van der Waals surface area contributed by atoms with E-state index in [1.54, 1.807) is 6.26 Å². The molecule has 0 atom stereocenters. The Labute approximate surface area is 153 Å². The maximum Gasteiger partial charge on any atom is 0.234 e. The van der Waals surface area contributed by atoms with Crippen molar-refractivity contribution in [3.63, 3.8) is 0 Å². The fourth-order valence-electron chi connectivity index (χ4n) is 2.62. The minimum Gasteiger partial charge on any atom is -0.467 e. The minimum atomic E-state index is -0.337. The van der Waals surface area contributed by atoms with Crippen LogP contribution < -0.4 is 5.32 Å². The second kappa shape index (κ2) is 7.33. The van der Waals surface area contributed by atoms with Crippen LogP contribution in [-0.4, -0.2) is 26.4 Å². The standard InChI is InChI=1S/C18H17FN4O2S/c19-13-5-7-14(8-6-13)20-16(24)11-26-18-22-21-17(12-3-4-12)23(18)10-15-2-1-9-25-15/h1-2,5-9,12H,3-4,10-11H2,(H,20,24). The molecule has 1 saturated carbocycles. The predicted octanol–water partition coefficient (Wildman–Crippen LogP) is 3.67. The van der Waals surface area contributed by atoms with Crippen LogP contribution in [0.4, 0.5) is 10.1 Å². The topological polar surface area (TPSA) is 73.0 Å². The number of carbonyl (C=O) groups excluding carboxylic acids is 1. The quantitative estimate of drug-likeness (QED) is 0.641. The highest BCUT2D eigenvalue weighted by Crippen LogP contribution is 2.40. The summed E-state index contributed by atoms with van der Waals surface area (Å²) in [5.74, 6) is 1.89. The van der Waals surface area contributed by atoms with Gasteiger partial charge in [0.15, 0.2) is 5.16 Å². The molecule has 8 heteroatoms. The Morgan fingerprint density at radius 1 is 1.27 bits per heavy atom. The fraction of sp³-hybridized carbons (Fsp3) is 0.278. The molecule has 1 aliphatic rings. The van der Waals surface area contributed by atoms with Gasteiger partial charge in [-0.2, -0.15) is 0 Å². The van der Waals surface area contributed by atoms with E-state index in [1.807, 2.05) is 16.7 Å². The van der Waals surface area contributed by atoms with E-state index >= 15 is 0 Å². The first kappa shape index (κ1) is 16.8. The molecule has 2 aromatic heterocycles. The molecule has 2 heterocycles. The molecule has 4 rings (SSSR count). The number of aromatic nitrogens is 3. The summed E-state index contributed by atoms with van der Waals surface area (Å²) in [6.07, 6.45) is 3.87. The van der Waals surface area contributed by atoms with E-state index in [2.05, 4.69) is 15.5 Å². The van der Waals surface area contributed by atoms with Crippen LogP contribution in [0.15, 0.2) is 52.2 Å². The third-order valence-corrected chi connectivity index (χ3v) is 5.01. The number of carbonyl (C=O) groups is 1. The Hall–Kier alpha value is -2.61. The average molecular weight is 372 g/mol. The van der Waals surface area contributed by atoms with Crippen molar-refractivity contribution >= 4 is 23.4 Å².